The van der Waals surface area contributed by atoms with Crippen LogP contribution in [0.1, 0.15) is 59.3 Å². The van der Waals surface area contributed by atoms with Crippen molar-refractivity contribution in [3.8, 4) is 0 Å². The van der Waals surface area contributed by atoms with Crippen molar-refractivity contribution in [2.75, 3.05) is 24.7 Å². The van der Waals surface area contributed by atoms with Crippen molar-refractivity contribution >= 4 is 40.2 Å². The quantitative estimate of drug-likeness (QED) is 0.498. The molecule has 2 rings (SSSR count). The number of urea groups is 1. The number of amides is 2. The van der Waals surface area contributed by atoms with E-state index in [1.807, 2.05) is 18.7 Å². The minimum absolute atomic E-state index is 0.105. The lowest BCUT2D eigenvalue weighted by Gasteiger charge is -2.37. The zero-order chi connectivity index (χ0) is 21.4. The molecule has 1 aliphatic carbocycles. The smallest absolute Gasteiger partial charge is 0.323 e. The summed E-state index contributed by atoms with van der Waals surface area (Å²) in [5, 5.41) is 12.2. The van der Waals surface area contributed by atoms with Crippen LogP contribution >= 0.6 is 23.1 Å². The molecule has 0 unspecified atom stereocenters. The number of nitrogens with zero attached hydrogens (tertiary/aromatic N) is 2. The number of anilines is 1. The van der Waals surface area contributed by atoms with Crippen LogP contribution in [-0.2, 0) is 9.53 Å². The van der Waals surface area contributed by atoms with Crippen molar-refractivity contribution in [1.29, 1.82) is 0 Å². The number of methoxy groups -OCH3 is 1. The molecule has 1 saturated carbocycles. The van der Waals surface area contributed by atoms with Crippen molar-refractivity contribution in [3.05, 3.63) is 6.20 Å². The Morgan fingerprint density at radius 3 is 2.69 bits per heavy atom. The average Bonchev–Trinajstić information content (AvgIpc) is 3.10. The molecular formula is C20H33N3O4S2. The van der Waals surface area contributed by atoms with Gasteiger partial charge in [-0.3, -0.25) is 10.1 Å². The van der Waals surface area contributed by atoms with E-state index in [4.69, 9.17) is 9.84 Å². The van der Waals surface area contributed by atoms with Gasteiger partial charge in [-0.2, -0.15) is 0 Å². The van der Waals surface area contributed by atoms with E-state index < -0.39 is 5.97 Å². The lowest BCUT2D eigenvalue weighted by atomic mass is 9.86. The number of carbonyl (C=O) groups is 2. The Kier molecular flexibility index (Phi) is 9.23. The first-order chi connectivity index (χ1) is 13.7. The summed E-state index contributed by atoms with van der Waals surface area (Å²) < 4.78 is 6.44. The number of hydrogen-bond acceptors (Lipinski definition) is 6. The number of ether oxygens (including phenoxy) is 1. The van der Waals surface area contributed by atoms with Crippen LogP contribution in [0.3, 0.4) is 0 Å². The molecule has 7 nitrogen and oxygen atoms in total. The minimum atomic E-state index is -0.813. The minimum Gasteiger partial charge on any atom is -0.481 e. The number of carboxylic acids is 1. The van der Waals surface area contributed by atoms with E-state index in [2.05, 4.69) is 17.2 Å². The molecule has 1 aromatic rings. The van der Waals surface area contributed by atoms with Crippen LogP contribution in [0.2, 0.25) is 0 Å². The maximum atomic E-state index is 13.1. The van der Waals surface area contributed by atoms with Crippen LogP contribution in [0.5, 0.6) is 0 Å². The topological polar surface area (TPSA) is 91.8 Å². The summed E-state index contributed by atoms with van der Waals surface area (Å²) >= 11 is 2.82. The zero-order valence-electron chi connectivity index (χ0n) is 17.8. The molecule has 0 atom stereocenters. The predicted octanol–water partition coefficient (Wildman–Crippen LogP) is 4.94. The second-order valence-corrected chi connectivity index (χ2v) is 10.7. The number of nitrogens with one attached hydrogen (secondary N) is 1. The summed E-state index contributed by atoms with van der Waals surface area (Å²) in [6.45, 7) is 6.98. The summed E-state index contributed by atoms with van der Waals surface area (Å²) in [6.07, 6.45) is 6.89. The fourth-order valence-electron chi connectivity index (χ4n) is 3.28. The van der Waals surface area contributed by atoms with E-state index in [0.29, 0.717) is 17.4 Å². The first-order valence-electron chi connectivity index (χ1n) is 10.1. The normalized spacial score (nSPS) is 19.7. The number of aromatic nitrogens is 1. The number of rotatable bonds is 10. The highest BCUT2D eigenvalue weighted by Crippen LogP contribution is 2.31. The molecule has 9 heteroatoms. The van der Waals surface area contributed by atoms with Gasteiger partial charge in [0.1, 0.15) is 0 Å². The number of carbonyl (C=O) groups excluding carboxylic acids is 1. The van der Waals surface area contributed by atoms with Gasteiger partial charge < -0.3 is 14.7 Å². The third-order valence-electron chi connectivity index (χ3n) is 5.45. The van der Waals surface area contributed by atoms with E-state index in [0.717, 1.165) is 42.2 Å². The summed E-state index contributed by atoms with van der Waals surface area (Å²) in [4.78, 5) is 29.9. The highest BCUT2D eigenvalue weighted by molar-refractivity contribution is 8.01. The summed E-state index contributed by atoms with van der Waals surface area (Å²) in [5.41, 5.74) is -0.282. The molecule has 0 bridgehead atoms. The number of carboxylic acid groups (broad SMARTS) is 1. The van der Waals surface area contributed by atoms with E-state index in [-0.39, 0.29) is 24.1 Å². The molecule has 1 aliphatic rings. The zero-order valence-corrected chi connectivity index (χ0v) is 19.4. The molecule has 164 valence electrons. The summed E-state index contributed by atoms with van der Waals surface area (Å²) in [6, 6.07) is 0.121. The van der Waals surface area contributed by atoms with Crippen molar-refractivity contribution in [2.45, 2.75) is 75.1 Å². The molecule has 1 fully saturated rings. The van der Waals surface area contributed by atoms with Crippen LogP contribution in [0.4, 0.5) is 9.93 Å². The lowest BCUT2D eigenvalue weighted by molar-refractivity contribution is -0.136. The summed E-state index contributed by atoms with van der Waals surface area (Å²) in [5.74, 6) is 0.395. The maximum absolute atomic E-state index is 13.1. The van der Waals surface area contributed by atoms with Gasteiger partial charge in [-0.05, 0) is 51.9 Å². The van der Waals surface area contributed by atoms with E-state index >= 15 is 0 Å². The van der Waals surface area contributed by atoms with Crippen LogP contribution < -0.4 is 5.32 Å². The highest BCUT2D eigenvalue weighted by atomic mass is 32.2. The van der Waals surface area contributed by atoms with Gasteiger partial charge in [-0.15, -0.1) is 11.8 Å². The van der Waals surface area contributed by atoms with Gasteiger partial charge in [0.2, 0.25) is 0 Å². The van der Waals surface area contributed by atoms with Gasteiger partial charge in [0.15, 0.2) is 5.13 Å². The number of aliphatic carboxylic acids is 1. The fraction of sp³-hybridized carbons (Fsp3) is 0.750. The third-order valence-corrected chi connectivity index (χ3v) is 7.56. The number of thiazole rings is 1. The van der Waals surface area contributed by atoms with Crippen LogP contribution in [0.25, 0.3) is 0 Å². The van der Waals surface area contributed by atoms with Gasteiger partial charge in [0.25, 0.3) is 0 Å². The molecule has 0 spiro atoms. The molecule has 1 aromatic heterocycles. The van der Waals surface area contributed by atoms with E-state index in [1.165, 1.54) is 23.1 Å². The molecule has 0 radical (unpaired) electrons. The molecule has 1 heterocycles. The van der Waals surface area contributed by atoms with E-state index in [1.54, 1.807) is 13.3 Å². The SMILES string of the molecule is COC(C)(C)CCN(C(=O)Nc1ncc(SCCC(=O)O)s1)[C@H]1CC[C@H](C)CC1. The monoisotopic (exact) mass is 443 g/mol. The van der Waals surface area contributed by atoms with Gasteiger partial charge in [-0.25, -0.2) is 9.78 Å². The largest absolute Gasteiger partial charge is 0.481 e. The van der Waals surface area contributed by atoms with Gasteiger partial charge in [0, 0.05) is 25.4 Å². The van der Waals surface area contributed by atoms with Gasteiger partial charge >= 0.3 is 12.0 Å². The van der Waals surface area contributed by atoms with Crippen molar-refractivity contribution < 1.29 is 19.4 Å². The van der Waals surface area contributed by atoms with Crippen LogP contribution in [0, 0.1) is 5.92 Å². The first-order valence-corrected chi connectivity index (χ1v) is 11.9. The second kappa shape index (κ2) is 11.2. The molecule has 2 amide bonds. The van der Waals surface area contributed by atoms with Gasteiger partial charge in [0.05, 0.1) is 22.4 Å². The summed E-state index contributed by atoms with van der Waals surface area (Å²) in [7, 11) is 1.70. The Balaban J connectivity index is 1.98. The third kappa shape index (κ3) is 8.14. The van der Waals surface area contributed by atoms with Crippen molar-refractivity contribution in [2.24, 2.45) is 5.92 Å². The number of hydrogen-bond donors (Lipinski definition) is 2. The Labute approximate surface area is 181 Å². The van der Waals surface area contributed by atoms with Gasteiger partial charge in [-0.1, -0.05) is 18.3 Å². The predicted molar refractivity (Wildman–Crippen MR) is 118 cm³/mol. The highest BCUT2D eigenvalue weighted by Gasteiger charge is 2.30. The van der Waals surface area contributed by atoms with Crippen molar-refractivity contribution in [3.63, 3.8) is 0 Å². The Hall–Kier alpha value is -1.32. The second-order valence-electron chi connectivity index (χ2n) is 8.23. The Morgan fingerprint density at radius 2 is 2.07 bits per heavy atom. The maximum Gasteiger partial charge on any atom is 0.323 e. The van der Waals surface area contributed by atoms with Crippen LogP contribution in [-0.4, -0.2) is 58.0 Å². The molecular weight excluding hydrogens is 410 g/mol. The van der Waals surface area contributed by atoms with Crippen molar-refractivity contribution in [1.82, 2.24) is 9.88 Å². The molecule has 29 heavy (non-hydrogen) atoms. The first kappa shape index (κ1) is 24.0. The van der Waals surface area contributed by atoms with Crippen LogP contribution in [0.15, 0.2) is 10.4 Å². The molecule has 0 aromatic carbocycles. The number of thioether (sulfide) groups is 1. The average molecular weight is 444 g/mol. The lowest BCUT2D eigenvalue weighted by Crippen LogP contribution is -2.46. The Bertz CT molecular complexity index is 672. The molecule has 2 N–H and O–H groups in total. The standard InChI is InChI=1S/C20H33N3O4S2/c1-14-5-7-15(8-6-14)23(11-10-20(2,3)27-4)19(26)22-18-21-13-17(29-18)28-12-9-16(24)25/h13-15H,5-12H2,1-4H3,(H,24,25)(H,21,22,26)/t14-,15-. The fourth-order valence-corrected chi connectivity index (χ4v) is 5.15. The molecule has 0 aliphatic heterocycles. The molecule has 0 saturated heterocycles. The Morgan fingerprint density at radius 1 is 1.38 bits per heavy atom. The van der Waals surface area contributed by atoms with E-state index in [9.17, 15) is 9.59 Å².